The Morgan fingerprint density at radius 1 is 1.03 bits per heavy atom. The second-order valence-electron chi connectivity index (χ2n) is 7.60. The minimum Gasteiger partial charge on any atom is -0.493 e. The van der Waals surface area contributed by atoms with E-state index in [1.54, 1.807) is 50.6 Å². The minimum absolute atomic E-state index is 0.103. The van der Waals surface area contributed by atoms with Gasteiger partial charge in [0, 0.05) is 23.9 Å². The molecule has 1 fully saturated rings. The van der Waals surface area contributed by atoms with Crippen molar-refractivity contribution >= 4 is 22.7 Å². The molecule has 1 saturated carbocycles. The number of benzene rings is 2. The molecule has 3 aromatic rings. The molecule has 4 rings (SSSR count). The first-order valence-corrected chi connectivity index (χ1v) is 10.4. The predicted molar refractivity (Wildman–Crippen MR) is 119 cm³/mol. The highest BCUT2D eigenvalue weighted by Crippen LogP contribution is 2.36. The molecule has 0 spiro atoms. The van der Waals surface area contributed by atoms with Crippen LogP contribution in [0.25, 0.3) is 10.9 Å². The monoisotopic (exact) mass is 438 g/mol. The van der Waals surface area contributed by atoms with Crippen LogP contribution in [0.1, 0.15) is 25.7 Å². The van der Waals surface area contributed by atoms with Gasteiger partial charge < -0.3 is 24.7 Å². The van der Waals surface area contributed by atoms with Crippen LogP contribution in [0.2, 0.25) is 0 Å². The van der Waals surface area contributed by atoms with Crippen molar-refractivity contribution in [3.8, 4) is 23.1 Å². The lowest BCUT2D eigenvalue weighted by Gasteiger charge is -2.25. The topological polar surface area (TPSA) is 118 Å². The van der Waals surface area contributed by atoms with Crippen molar-refractivity contribution < 1.29 is 23.7 Å². The zero-order valence-electron chi connectivity index (χ0n) is 18.0. The third-order valence-corrected chi connectivity index (χ3v) is 5.39. The molecule has 9 nitrogen and oxygen atoms in total. The molecular formula is C23H26N4O5. The second-order valence-corrected chi connectivity index (χ2v) is 7.60. The summed E-state index contributed by atoms with van der Waals surface area (Å²) in [6.45, 7) is 0. The van der Waals surface area contributed by atoms with Crippen molar-refractivity contribution in [1.29, 1.82) is 0 Å². The Labute approximate surface area is 185 Å². The highest BCUT2D eigenvalue weighted by molar-refractivity contribution is 5.87. The van der Waals surface area contributed by atoms with Crippen LogP contribution in [0.5, 0.6) is 23.1 Å². The van der Waals surface area contributed by atoms with Crippen molar-refractivity contribution in [3.05, 3.63) is 42.7 Å². The van der Waals surface area contributed by atoms with Gasteiger partial charge in [-0.15, -0.1) is 0 Å². The molecule has 1 aliphatic rings. The summed E-state index contributed by atoms with van der Waals surface area (Å²) in [5, 5.41) is 3.42. The number of aromatic nitrogens is 2. The van der Waals surface area contributed by atoms with E-state index in [1.807, 2.05) is 0 Å². The van der Waals surface area contributed by atoms with Crippen LogP contribution in [0.3, 0.4) is 0 Å². The lowest BCUT2D eigenvalue weighted by atomic mass is 9.94. The van der Waals surface area contributed by atoms with Crippen LogP contribution in [-0.4, -0.2) is 42.4 Å². The number of carbonyl (C=O) groups excluding carboxylic acids is 1. The fourth-order valence-electron chi connectivity index (χ4n) is 3.69. The van der Waals surface area contributed by atoms with Gasteiger partial charge in [-0.2, -0.15) is 0 Å². The van der Waals surface area contributed by atoms with E-state index < -0.39 is 6.09 Å². The smallest absolute Gasteiger partial charge is 0.411 e. The van der Waals surface area contributed by atoms with Gasteiger partial charge in [0.2, 0.25) is 5.88 Å². The third kappa shape index (κ3) is 5.00. The van der Waals surface area contributed by atoms with Crippen LogP contribution in [0.4, 0.5) is 10.5 Å². The zero-order valence-corrected chi connectivity index (χ0v) is 18.0. The number of nitrogens with two attached hydrogens (primary N) is 1. The number of anilines is 1. The van der Waals surface area contributed by atoms with Crippen molar-refractivity contribution in [3.63, 3.8) is 0 Å². The number of hydrogen-bond acceptors (Lipinski definition) is 8. The summed E-state index contributed by atoms with van der Waals surface area (Å²) in [5.74, 6) is 1.96. The number of carbonyl (C=O) groups is 1. The number of nitrogens with zero attached hydrogens (tertiary/aromatic N) is 2. The predicted octanol–water partition coefficient (Wildman–Crippen LogP) is 4.26. The van der Waals surface area contributed by atoms with Gasteiger partial charge in [0.15, 0.2) is 11.5 Å². The molecule has 1 aliphatic carbocycles. The van der Waals surface area contributed by atoms with Crippen LogP contribution in [0, 0.1) is 0 Å². The summed E-state index contributed by atoms with van der Waals surface area (Å²) in [6.07, 6.45) is 4.12. The van der Waals surface area contributed by atoms with Gasteiger partial charge in [-0.05, 0) is 43.9 Å². The van der Waals surface area contributed by atoms with E-state index in [9.17, 15) is 4.79 Å². The SMILES string of the molecule is COc1cc2ncnc(Oc3cccc(NC(=O)OC4CCC(N)CC4)c3)c2cc1OC. The lowest BCUT2D eigenvalue weighted by Crippen LogP contribution is -2.32. The first-order chi connectivity index (χ1) is 15.6. The summed E-state index contributed by atoms with van der Waals surface area (Å²) < 4.78 is 22.2. The second kappa shape index (κ2) is 9.69. The molecule has 2 aromatic carbocycles. The molecule has 9 heteroatoms. The summed E-state index contributed by atoms with van der Waals surface area (Å²) >= 11 is 0. The Morgan fingerprint density at radius 3 is 2.53 bits per heavy atom. The van der Waals surface area contributed by atoms with Crippen molar-refractivity contribution in [1.82, 2.24) is 9.97 Å². The first-order valence-electron chi connectivity index (χ1n) is 10.4. The Balaban J connectivity index is 1.48. The highest BCUT2D eigenvalue weighted by atomic mass is 16.6. The van der Waals surface area contributed by atoms with Gasteiger partial charge in [-0.25, -0.2) is 14.8 Å². The van der Waals surface area contributed by atoms with Crippen molar-refractivity contribution in [2.75, 3.05) is 19.5 Å². The molecule has 0 atom stereocenters. The molecule has 1 aromatic heterocycles. The maximum atomic E-state index is 12.3. The number of fused-ring (bicyclic) bond motifs is 1. The normalized spacial score (nSPS) is 18.1. The van der Waals surface area contributed by atoms with Gasteiger partial charge in [0.25, 0.3) is 0 Å². The fraction of sp³-hybridized carbons (Fsp3) is 0.348. The number of nitrogens with one attached hydrogen (secondary N) is 1. The number of methoxy groups -OCH3 is 2. The van der Waals surface area contributed by atoms with Crippen molar-refractivity contribution in [2.45, 2.75) is 37.8 Å². The molecule has 0 saturated heterocycles. The van der Waals surface area contributed by atoms with E-state index >= 15 is 0 Å². The summed E-state index contributed by atoms with van der Waals surface area (Å²) in [6, 6.07) is 10.7. The Kier molecular flexibility index (Phi) is 6.55. The van der Waals surface area contributed by atoms with Crippen LogP contribution >= 0.6 is 0 Å². The average Bonchev–Trinajstić information content (AvgIpc) is 2.80. The summed E-state index contributed by atoms with van der Waals surface area (Å²) in [5.41, 5.74) is 7.11. The molecule has 32 heavy (non-hydrogen) atoms. The van der Waals surface area contributed by atoms with E-state index in [4.69, 9.17) is 24.7 Å². The van der Waals surface area contributed by atoms with Gasteiger partial charge in [-0.3, -0.25) is 5.32 Å². The lowest BCUT2D eigenvalue weighted by molar-refractivity contribution is 0.0826. The number of amides is 1. The zero-order chi connectivity index (χ0) is 22.5. The van der Waals surface area contributed by atoms with E-state index in [-0.39, 0.29) is 12.1 Å². The molecular weight excluding hydrogens is 412 g/mol. The standard InChI is InChI=1S/C23H26N4O5/c1-29-20-11-18-19(12-21(20)30-2)25-13-26-22(18)31-17-5-3-4-15(10-17)27-23(28)32-16-8-6-14(24)7-9-16/h3-5,10-14,16H,6-9,24H2,1-2H3,(H,27,28). The van der Waals surface area contributed by atoms with Gasteiger partial charge in [0.05, 0.1) is 25.1 Å². The molecule has 0 bridgehead atoms. The van der Waals surface area contributed by atoms with Crippen molar-refractivity contribution in [2.24, 2.45) is 5.73 Å². The Hall–Kier alpha value is -3.59. The van der Waals surface area contributed by atoms with Gasteiger partial charge >= 0.3 is 6.09 Å². The first kappa shape index (κ1) is 21.6. The largest absolute Gasteiger partial charge is 0.493 e. The molecule has 1 heterocycles. The quantitative estimate of drug-likeness (QED) is 0.586. The van der Waals surface area contributed by atoms with Crippen LogP contribution in [-0.2, 0) is 4.74 Å². The van der Waals surface area contributed by atoms with E-state index in [1.165, 1.54) is 6.33 Å². The minimum atomic E-state index is -0.494. The number of hydrogen-bond donors (Lipinski definition) is 2. The van der Waals surface area contributed by atoms with Crippen LogP contribution in [0.15, 0.2) is 42.7 Å². The Bertz CT molecular complexity index is 1100. The number of ether oxygens (including phenoxy) is 4. The van der Waals surface area contributed by atoms with Gasteiger partial charge in [0.1, 0.15) is 18.2 Å². The number of rotatable bonds is 6. The third-order valence-electron chi connectivity index (χ3n) is 5.39. The molecule has 168 valence electrons. The molecule has 0 aliphatic heterocycles. The molecule has 0 radical (unpaired) electrons. The van der Waals surface area contributed by atoms with E-state index in [0.717, 1.165) is 25.7 Å². The average molecular weight is 438 g/mol. The summed E-state index contributed by atoms with van der Waals surface area (Å²) in [7, 11) is 3.12. The van der Waals surface area contributed by atoms with E-state index in [2.05, 4.69) is 15.3 Å². The maximum absolute atomic E-state index is 12.3. The highest BCUT2D eigenvalue weighted by Gasteiger charge is 2.22. The van der Waals surface area contributed by atoms with E-state index in [0.29, 0.717) is 39.7 Å². The Morgan fingerprint density at radius 2 is 1.78 bits per heavy atom. The molecule has 1 amide bonds. The maximum Gasteiger partial charge on any atom is 0.411 e. The fourth-order valence-corrected chi connectivity index (χ4v) is 3.69. The molecule has 3 N–H and O–H groups in total. The summed E-state index contributed by atoms with van der Waals surface area (Å²) in [4.78, 5) is 20.8. The van der Waals surface area contributed by atoms with Crippen LogP contribution < -0.4 is 25.3 Å². The molecule has 0 unspecified atom stereocenters. The van der Waals surface area contributed by atoms with Gasteiger partial charge in [-0.1, -0.05) is 6.07 Å².